The molecule has 0 saturated heterocycles. The SMILES string of the molecule is CC(C)(C)OC(=O)NCc1ccc(-c2cc(Cl)nc(Cl)c2)cc1F. The molecule has 0 fully saturated rings. The first-order chi connectivity index (χ1) is 11.1. The van der Waals surface area contributed by atoms with Crippen LogP contribution in [0.4, 0.5) is 9.18 Å². The van der Waals surface area contributed by atoms with E-state index in [1.807, 2.05) is 0 Å². The number of halogens is 3. The Morgan fingerprint density at radius 3 is 2.33 bits per heavy atom. The predicted octanol–water partition coefficient (Wildman–Crippen LogP) is 5.22. The van der Waals surface area contributed by atoms with Crippen molar-refractivity contribution in [2.24, 2.45) is 0 Å². The zero-order valence-electron chi connectivity index (χ0n) is 13.5. The second kappa shape index (κ2) is 7.36. The normalized spacial score (nSPS) is 11.2. The van der Waals surface area contributed by atoms with E-state index in [0.717, 1.165) is 0 Å². The molecular formula is C17H17Cl2FN2O2. The first-order valence-corrected chi connectivity index (χ1v) is 7.98. The van der Waals surface area contributed by atoms with Crippen LogP contribution >= 0.6 is 23.2 Å². The molecule has 0 saturated carbocycles. The number of hydrogen-bond donors (Lipinski definition) is 1. The van der Waals surface area contributed by atoms with E-state index in [9.17, 15) is 9.18 Å². The van der Waals surface area contributed by atoms with Gasteiger partial charge in [0.25, 0.3) is 0 Å². The molecule has 0 aliphatic carbocycles. The number of ether oxygens (including phenoxy) is 1. The van der Waals surface area contributed by atoms with Crippen molar-refractivity contribution >= 4 is 29.3 Å². The highest BCUT2D eigenvalue weighted by atomic mass is 35.5. The van der Waals surface area contributed by atoms with Crippen LogP contribution in [0.3, 0.4) is 0 Å². The van der Waals surface area contributed by atoms with E-state index in [1.165, 1.54) is 6.07 Å². The van der Waals surface area contributed by atoms with Crippen molar-refractivity contribution in [3.63, 3.8) is 0 Å². The molecule has 0 bridgehead atoms. The van der Waals surface area contributed by atoms with Crippen LogP contribution < -0.4 is 5.32 Å². The Balaban J connectivity index is 2.11. The molecule has 1 aromatic carbocycles. The third kappa shape index (κ3) is 5.35. The standard InChI is InChI=1S/C17H17Cl2FN2O2/c1-17(2,3)24-16(23)21-9-11-5-4-10(6-13(11)20)12-7-14(18)22-15(19)8-12/h4-8H,9H2,1-3H3,(H,21,23). The highest BCUT2D eigenvalue weighted by molar-refractivity contribution is 6.32. The van der Waals surface area contributed by atoms with Crippen molar-refractivity contribution in [3.8, 4) is 11.1 Å². The molecule has 1 amide bonds. The van der Waals surface area contributed by atoms with Crippen molar-refractivity contribution in [3.05, 3.63) is 52.0 Å². The van der Waals surface area contributed by atoms with E-state index >= 15 is 0 Å². The number of pyridine rings is 1. The Bertz CT molecular complexity index is 740. The van der Waals surface area contributed by atoms with E-state index in [-0.39, 0.29) is 16.9 Å². The number of rotatable bonds is 3. The van der Waals surface area contributed by atoms with Crippen molar-refractivity contribution < 1.29 is 13.9 Å². The number of nitrogens with one attached hydrogen (secondary N) is 1. The molecule has 0 radical (unpaired) electrons. The summed E-state index contributed by atoms with van der Waals surface area (Å²) in [6.45, 7) is 5.30. The molecule has 2 rings (SSSR count). The largest absolute Gasteiger partial charge is 0.444 e. The van der Waals surface area contributed by atoms with Gasteiger partial charge in [-0.2, -0.15) is 0 Å². The van der Waals surface area contributed by atoms with Gasteiger partial charge in [-0.25, -0.2) is 14.2 Å². The van der Waals surface area contributed by atoms with Gasteiger partial charge in [0.2, 0.25) is 0 Å². The van der Waals surface area contributed by atoms with Gasteiger partial charge in [-0.15, -0.1) is 0 Å². The average molecular weight is 371 g/mol. The average Bonchev–Trinajstić information content (AvgIpc) is 2.43. The lowest BCUT2D eigenvalue weighted by Gasteiger charge is -2.19. The molecule has 128 valence electrons. The molecule has 1 aromatic heterocycles. The van der Waals surface area contributed by atoms with Gasteiger partial charge in [0, 0.05) is 12.1 Å². The molecule has 7 heteroatoms. The van der Waals surface area contributed by atoms with Gasteiger partial charge in [-0.05, 0) is 50.1 Å². The number of hydrogen-bond acceptors (Lipinski definition) is 3. The Kier molecular flexibility index (Phi) is 5.67. The summed E-state index contributed by atoms with van der Waals surface area (Å²) >= 11 is 11.7. The van der Waals surface area contributed by atoms with Crippen LogP contribution in [0, 0.1) is 5.82 Å². The molecule has 0 atom stereocenters. The minimum absolute atomic E-state index is 0.0267. The maximum Gasteiger partial charge on any atom is 0.407 e. The van der Waals surface area contributed by atoms with Crippen LogP contribution in [0.1, 0.15) is 26.3 Å². The number of benzene rings is 1. The summed E-state index contributed by atoms with van der Waals surface area (Å²) in [6.07, 6.45) is -0.598. The fourth-order valence-electron chi connectivity index (χ4n) is 1.98. The smallest absolute Gasteiger partial charge is 0.407 e. The molecule has 4 nitrogen and oxygen atoms in total. The van der Waals surface area contributed by atoms with E-state index < -0.39 is 17.5 Å². The molecular weight excluding hydrogens is 354 g/mol. The fraction of sp³-hybridized carbons (Fsp3) is 0.294. The molecule has 0 aliphatic heterocycles. The van der Waals surface area contributed by atoms with Gasteiger partial charge < -0.3 is 10.1 Å². The topological polar surface area (TPSA) is 51.2 Å². The second-order valence-electron chi connectivity index (χ2n) is 6.16. The molecule has 24 heavy (non-hydrogen) atoms. The quantitative estimate of drug-likeness (QED) is 0.753. The highest BCUT2D eigenvalue weighted by Crippen LogP contribution is 2.26. The van der Waals surface area contributed by atoms with E-state index in [0.29, 0.717) is 16.7 Å². The summed E-state index contributed by atoms with van der Waals surface area (Å²) in [5, 5.41) is 2.98. The summed E-state index contributed by atoms with van der Waals surface area (Å²) < 4.78 is 19.4. The third-order valence-corrected chi connectivity index (χ3v) is 3.36. The maximum atomic E-state index is 14.3. The van der Waals surface area contributed by atoms with E-state index in [4.69, 9.17) is 27.9 Å². The van der Waals surface area contributed by atoms with Gasteiger partial charge in [0.1, 0.15) is 21.7 Å². The summed E-state index contributed by atoms with van der Waals surface area (Å²) in [5.41, 5.74) is 1.01. The fourth-order valence-corrected chi connectivity index (χ4v) is 2.44. The van der Waals surface area contributed by atoms with Crippen LogP contribution in [0.2, 0.25) is 10.3 Å². The molecule has 1 heterocycles. The number of aromatic nitrogens is 1. The molecule has 0 aliphatic rings. The van der Waals surface area contributed by atoms with E-state index in [2.05, 4.69) is 10.3 Å². The second-order valence-corrected chi connectivity index (χ2v) is 6.94. The highest BCUT2D eigenvalue weighted by Gasteiger charge is 2.16. The lowest BCUT2D eigenvalue weighted by atomic mass is 10.0. The molecule has 0 spiro atoms. The number of nitrogens with zero attached hydrogens (tertiary/aromatic N) is 1. The lowest BCUT2D eigenvalue weighted by molar-refractivity contribution is 0.0523. The van der Waals surface area contributed by atoms with Gasteiger partial charge in [0.15, 0.2) is 0 Å². The van der Waals surface area contributed by atoms with Crippen LogP contribution in [0.5, 0.6) is 0 Å². The Labute approximate surface area is 149 Å². The zero-order chi connectivity index (χ0) is 17.9. The van der Waals surface area contributed by atoms with Crippen molar-refractivity contribution in [1.82, 2.24) is 10.3 Å². The monoisotopic (exact) mass is 370 g/mol. The van der Waals surface area contributed by atoms with Crippen molar-refractivity contribution in [1.29, 1.82) is 0 Å². The van der Waals surface area contributed by atoms with Crippen molar-refractivity contribution in [2.45, 2.75) is 32.9 Å². The summed E-state index contributed by atoms with van der Waals surface area (Å²) in [7, 11) is 0. The van der Waals surface area contributed by atoms with Gasteiger partial charge in [-0.3, -0.25) is 0 Å². The van der Waals surface area contributed by atoms with Crippen LogP contribution in [-0.4, -0.2) is 16.7 Å². The first-order valence-electron chi connectivity index (χ1n) is 7.23. The summed E-state index contributed by atoms with van der Waals surface area (Å²) in [4.78, 5) is 15.5. The Hall–Kier alpha value is -1.85. The summed E-state index contributed by atoms with van der Waals surface area (Å²) in [6, 6.07) is 7.86. The number of carbonyl (C=O) groups excluding carboxylic acids is 1. The predicted molar refractivity (Wildman–Crippen MR) is 92.7 cm³/mol. The van der Waals surface area contributed by atoms with Crippen LogP contribution in [-0.2, 0) is 11.3 Å². The van der Waals surface area contributed by atoms with Crippen molar-refractivity contribution in [2.75, 3.05) is 0 Å². The Morgan fingerprint density at radius 2 is 1.79 bits per heavy atom. The molecule has 2 aromatic rings. The number of carbonyl (C=O) groups is 1. The maximum absolute atomic E-state index is 14.3. The zero-order valence-corrected chi connectivity index (χ0v) is 15.0. The van der Waals surface area contributed by atoms with Gasteiger partial charge in [-0.1, -0.05) is 35.3 Å². The van der Waals surface area contributed by atoms with E-state index in [1.54, 1.807) is 45.0 Å². The third-order valence-electron chi connectivity index (χ3n) is 2.97. The first kappa shape index (κ1) is 18.5. The Morgan fingerprint density at radius 1 is 1.17 bits per heavy atom. The minimum Gasteiger partial charge on any atom is -0.444 e. The minimum atomic E-state index is -0.605. The molecule has 0 unspecified atom stereocenters. The van der Waals surface area contributed by atoms with Gasteiger partial charge >= 0.3 is 6.09 Å². The lowest BCUT2D eigenvalue weighted by Crippen LogP contribution is -2.32. The van der Waals surface area contributed by atoms with Crippen LogP contribution in [0.15, 0.2) is 30.3 Å². The number of alkyl carbamates (subject to hydrolysis) is 1. The molecule has 1 N–H and O–H groups in total. The number of amides is 1. The van der Waals surface area contributed by atoms with Gasteiger partial charge in [0.05, 0.1) is 0 Å². The van der Waals surface area contributed by atoms with Crippen LogP contribution in [0.25, 0.3) is 11.1 Å². The summed E-state index contributed by atoms with van der Waals surface area (Å²) in [5.74, 6) is -0.451.